The van der Waals surface area contributed by atoms with Crippen LogP contribution in [-0.4, -0.2) is 39.4 Å². The molecule has 0 unspecified atom stereocenters. The van der Waals surface area contributed by atoms with Gasteiger partial charge in [-0.05, 0) is 6.42 Å². The normalized spacial score (nSPS) is 46.0. The molecule has 4 nitrogen and oxygen atoms in total. The van der Waals surface area contributed by atoms with Crippen molar-refractivity contribution in [3.63, 3.8) is 0 Å². The molecule has 0 aromatic heterocycles. The van der Waals surface area contributed by atoms with Crippen LogP contribution in [0.5, 0.6) is 0 Å². The molecule has 0 aromatic rings. The summed E-state index contributed by atoms with van der Waals surface area (Å²) in [6.07, 6.45) is -3.46. The highest BCUT2D eigenvalue weighted by Crippen LogP contribution is 2.21. The molecule has 4 atom stereocenters. The van der Waals surface area contributed by atoms with Crippen LogP contribution in [0.3, 0.4) is 0 Å². The predicted molar refractivity (Wildman–Crippen MR) is 36.8 cm³/mol. The summed E-state index contributed by atoms with van der Waals surface area (Å²) in [7, 11) is 0. The Morgan fingerprint density at radius 3 is 2.45 bits per heavy atom. The summed E-state index contributed by atoms with van der Waals surface area (Å²) in [4.78, 5) is 11.0. The zero-order valence-electron chi connectivity index (χ0n) is 6.27. The van der Waals surface area contributed by atoms with Crippen LogP contribution in [0.4, 0.5) is 0 Å². The quantitative estimate of drug-likeness (QED) is 0.410. The fourth-order valence-corrected chi connectivity index (χ4v) is 1.29. The highest BCUT2D eigenvalue weighted by Gasteiger charge is 2.39. The van der Waals surface area contributed by atoms with Crippen molar-refractivity contribution in [1.29, 1.82) is 0 Å². The fourth-order valence-electron chi connectivity index (χ4n) is 1.29. The topological polar surface area (TPSA) is 77.8 Å². The number of carbonyl (C=O) groups is 1. The van der Waals surface area contributed by atoms with E-state index in [0.717, 1.165) is 0 Å². The van der Waals surface area contributed by atoms with Crippen LogP contribution in [0.25, 0.3) is 0 Å². The van der Waals surface area contributed by atoms with E-state index in [2.05, 4.69) is 0 Å². The molecule has 64 valence electrons. The van der Waals surface area contributed by atoms with Crippen molar-refractivity contribution in [3.8, 4) is 0 Å². The summed E-state index contributed by atoms with van der Waals surface area (Å²) in [5.41, 5.74) is 0. The Labute approximate surface area is 64.5 Å². The minimum Gasteiger partial charge on any atom is -0.390 e. The molecule has 0 aliphatic heterocycles. The Bertz CT molecular complexity index is 168. The lowest BCUT2D eigenvalue weighted by molar-refractivity contribution is -0.152. The Hall–Kier alpha value is -0.450. The van der Waals surface area contributed by atoms with E-state index in [0.29, 0.717) is 0 Å². The first kappa shape index (κ1) is 8.64. The molecule has 1 rings (SSSR count). The van der Waals surface area contributed by atoms with Crippen molar-refractivity contribution >= 4 is 5.78 Å². The molecule has 1 fully saturated rings. The molecule has 3 N–H and O–H groups in total. The molecule has 0 heterocycles. The second-order valence-electron chi connectivity index (χ2n) is 3.04. The molecule has 0 radical (unpaired) electrons. The van der Waals surface area contributed by atoms with E-state index in [1.807, 2.05) is 0 Å². The summed E-state index contributed by atoms with van der Waals surface area (Å²) in [5.74, 6) is -0.744. The number of Topliss-reactive ketones (excluding diaryl/α,β-unsaturated/α-hetero) is 1. The number of aliphatic hydroxyl groups is 3. The number of hydrogen-bond donors (Lipinski definition) is 3. The van der Waals surface area contributed by atoms with Gasteiger partial charge in [-0.15, -0.1) is 0 Å². The van der Waals surface area contributed by atoms with E-state index in [-0.39, 0.29) is 18.1 Å². The molecule has 4 heteroatoms. The number of aliphatic hydroxyl groups excluding tert-OH is 3. The van der Waals surface area contributed by atoms with Gasteiger partial charge in [0.25, 0.3) is 0 Å². The highest BCUT2D eigenvalue weighted by atomic mass is 16.4. The predicted octanol–water partition coefficient (Wildman–Crippen LogP) is -1.32. The zero-order chi connectivity index (χ0) is 8.59. The lowest BCUT2D eigenvalue weighted by Gasteiger charge is -2.30. The Morgan fingerprint density at radius 1 is 1.36 bits per heavy atom. The molecular weight excluding hydrogens is 148 g/mol. The van der Waals surface area contributed by atoms with Crippen LogP contribution in [0.2, 0.25) is 0 Å². The molecule has 0 saturated heterocycles. The molecular formula is C7H12O4. The van der Waals surface area contributed by atoms with E-state index in [9.17, 15) is 4.79 Å². The van der Waals surface area contributed by atoms with Gasteiger partial charge in [-0.1, -0.05) is 6.92 Å². The summed E-state index contributed by atoms with van der Waals surface area (Å²) in [6.45, 7) is 1.63. The van der Waals surface area contributed by atoms with Crippen LogP contribution >= 0.6 is 0 Å². The van der Waals surface area contributed by atoms with Crippen molar-refractivity contribution in [2.45, 2.75) is 31.7 Å². The van der Waals surface area contributed by atoms with E-state index in [1.54, 1.807) is 6.92 Å². The SMILES string of the molecule is C[C@@H]1C[C@H](O)[C@H](O)[C@H](O)C1=O. The molecule has 11 heavy (non-hydrogen) atoms. The maximum absolute atomic E-state index is 11.0. The van der Waals surface area contributed by atoms with Gasteiger partial charge in [0.05, 0.1) is 6.10 Å². The van der Waals surface area contributed by atoms with Gasteiger partial charge in [0.15, 0.2) is 5.78 Å². The monoisotopic (exact) mass is 160 g/mol. The molecule has 0 amide bonds. The Balaban J connectivity index is 2.70. The van der Waals surface area contributed by atoms with Crippen LogP contribution in [0, 0.1) is 5.92 Å². The molecule has 0 aromatic carbocycles. The summed E-state index contributed by atoms with van der Waals surface area (Å²) in [5, 5.41) is 27.1. The van der Waals surface area contributed by atoms with Gasteiger partial charge in [-0.3, -0.25) is 4.79 Å². The average molecular weight is 160 g/mol. The molecule has 0 bridgehead atoms. The maximum atomic E-state index is 11.0. The number of hydrogen-bond acceptors (Lipinski definition) is 4. The molecule has 1 aliphatic carbocycles. The third kappa shape index (κ3) is 1.42. The van der Waals surface area contributed by atoms with Crippen LogP contribution in [0.1, 0.15) is 13.3 Å². The second kappa shape index (κ2) is 2.89. The number of rotatable bonds is 0. The molecule has 1 saturated carbocycles. The molecule has 0 spiro atoms. The first-order valence-electron chi connectivity index (χ1n) is 3.62. The van der Waals surface area contributed by atoms with E-state index in [1.165, 1.54) is 0 Å². The average Bonchev–Trinajstić information content (AvgIpc) is 1.97. The minimum absolute atomic E-state index is 0.233. The van der Waals surface area contributed by atoms with Gasteiger partial charge in [-0.2, -0.15) is 0 Å². The van der Waals surface area contributed by atoms with Gasteiger partial charge >= 0.3 is 0 Å². The van der Waals surface area contributed by atoms with Gasteiger partial charge in [0.1, 0.15) is 12.2 Å². The smallest absolute Gasteiger partial charge is 0.166 e. The number of carbonyl (C=O) groups excluding carboxylic acids is 1. The first-order valence-corrected chi connectivity index (χ1v) is 3.62. The summed E-state index contributed by atoms with van der Waals surface area (Å²) in [6, 6.07) is 0. The van der Waals surface area contributed by atoms with Crippen molar-refractivity contribution < 1.29 is 20.1 Å². The second-order valence-corrected chi connectivity index (χ2v) is 3.04. The lowest BCUT2D eigenvalue weighted by atomic mass is 9.83. The zero-order valence-corrected chi connectivity index (χ0v) is 6.27. The van der Waals surface area contributed by atoms with Crippen molar-refractivity contribution in [2.24, 2.45) is 5.92 Å². The van der Waals surface area contributed by atoms with Crippen LogP contribution in [-0.2, 0) is 4.79 Å². The highest BCUT2D eigenvalue weighted by molar-refractivity contribution is 5.86. The van der Waals surface area contributed by atoms with Gasteiger partial charge in [-0.25, -0.2) is 0 Å². The van der Waals surface area contributed by atoms with Crippen LogP contribution < -0.4 is 0 Å². The van der Waals surface area contributed by atoms with Gasteiger partial charge in [0, 0.05) is 5.92 Å². The van der Waals surface area contributed by atoms with Crippen molar-refractivity contribution in [1.82, 2.24) is 0 Å². The lowest BCUT2D eigenvalue weighted by Crippen LogP contribution is -2.50. The van der Waals surface area contributed by atoms with Crippen LogP contribution in [0.15, 0.2) is 0 Å². The third-order valence-corrected chi connectivity index (χ3v) is 2.09. The fraction of sp³-hybridized carbons (Fsp3) is 0.857. The summed E-state index contributed by atoms with van der Waals surface area (Å²) >= 11 is 0. The van der Waals surface area contributed by atoms with Gasteiger partial charge < -0.3 is 15.3 Å². The largest absolute Gasteiger partial charge is 0.390 e. The maximum Gasteiger partial charge on any atom is 0.166 e. The standard InChI is InChI=1S/C7H12O4/c1-3-2-4(8)6(10)7(11)5(3)9/h3-4,6-8,10-11H,2H2,1H3/t3-,4+,6+,7-/m1/s1. The molecule has 1 aliphatic rings. The first-order chi connectivity index (χ1) is 5.04. The van der Waals surface area contributed by atoms with Crippen molar-refractivity contribution in [3.05, 3.63) is 0 Å². The van der Waals surface area contributed by atoms with E-state index >= 15 is 0 Å². The minimum atomic E-state index is -1.41. The summed E-state index contributed by atoms with van der Waals surface area (Å²) < 4.78 is 0. The van der Waals surface area contributed by atoms with E-state index in [4.69, 9.17) is 15.3 Å². The Kier molecular flexibility index (Phi) is 2.27. The number of ketones is 1. The van der Waals surface area contributed by atoms with E-state index < -0.39 is 18.3 Å². The Morgan fingerprint density at radius 2 is 1.91 bits per heavy atom. The van der Waals surface area contributed by atoms with Crippen molar-refractivity contribution in [2.75, 3.05) is 0 Å². The van der Waals surface area contributed by atoms with Gasteiger partial charge in [0.2, 0.25) is 0 Å². The third-order valence-electron chi connectivity index (χ3n) is 2.09.